The largest absolute Gasteiger partial charge is 0.455 e. The average molecular weight is 502 g/mol. The molecule has 2 heteroatoms. The van der Waals surface area contributed by atoms with Gasteiger partial charge in [-0.1, -0.05) is 97.6 Å². The van der Waals surface area contributed by atoms with Crippen LogP contribution < -0.4 is 0 Å². The summed E-state index contributed by atoms with van der Waals surface area (Å²) in [6.07, 6.45) is 7.93. The van der Waals surface area contributed by atoms with Crippen molar-refractivity contribution in [3.8, 4) is 16.8 Å². The van der Waals surface area contributed by atoms with E-state index in [0.29, 0.717) is 0 Å². The maximum absolute atomic E-state index is 6.49. The van der Waals surface area contributed by atoms with Crippen molar-refractivity contribution in [1.82, 2.24) is 4.57 Å². The summed E-state index contributed by atoms with van der Waals surface area (Å²) in [5.41, 5.74) is 10.00. The molecule has 0 unspecified atom stereocenters. The van der Waals surface area contributed by atoms with E-state index < -0.39 is 0 Å². The van der Waals surface area contributed by atoms with E-state index in [4.69, 9.17) is 4.42 Å². The molecule has 0 bridgehead atoms. The topological polar surface area (TPSA) is 18.1 Å². The molecular formula is C37H27NO. The second-order valence-electron chi connectivity index (χ2n) is 9.89. The van der Waals surface area contributed by atoms with Crippen LogP contribution in [0, 0.1) is 0 Å². The van der Waals surface area contributed by atoms with Crippen LogP contribution in [-0.2, 0) is 0 Å². The summed E-state index contributed by atoms with van der Waals surface area (Å²) in [5, 5.41) is 4.62. The minimum absolute atomic E-state index is 0.915. The molecule has 0 saturated heterocycles. The Morgan fingerprint density at radius 2 is 1.46 bits per heavy atom. The van der Waals surface area contributed by atoms with Gasteiger partial charge in [-0.15, -0.1) is 0 Å². The standard InChI is InChI=1S/C37H27NO/c1-3-4-6-13-25(2)27-22-28(26-14-7-5-8-15-26)24-29(23-27)38-33-18-11-9-17-32(33)36-34(38)21-20-31-30-16-10-12-19-35(30)39-37(31)36/h3-24H,1H2,2H3/b6-4-,25-13+. The number of hydrogen-bond acceptors (Lipinski definition) is 1. The fourth-order valence-electron chi connectivity index (χ4n) is 5.65. The zero-order valence-electron chi connectivity index (χ0n) is 21.8. The summed E-state index contributed by atoms with van der Waals surface area (Å²) < 4.78 is 8.87. The number of para-hydroxylation sites is 2. The maximum atomic E-state index is 6.49. The highest BCUT2D eigenvalue weighted by molar-refractivity contribution is 6.23. The lowest BCUT2D eigenvalue weighted by Gasteiger charge is -2.14. The molecule has 0 atom stereocenters. The molecule has 0 N–H and O–H groups in total. The molecule has 7 rings (SSSR count). The molecule has 2 heterocycles. The third-order valence-corrected chi connectivity index (χ3v) is 7.51. The van der Waals surface area contributed by atoms with Gasteiger partial charge in [-0.05, 0) is 71.7 Å². The number of furan rings is 1. The summed E-state index contributed by atoms with van der Waals surface area (Å²) in [5.74, 6) is 0. The van der Waals surface area contributed by atoms with Gasteiger partial charge in [-0.3, -0.25) is 0 Å². The van der Waals surface area contributed by atoms with Crippen LogP contribution in [0.25, 0.3) is 66.1 Å². The highest BCUT2D eigenvalue weighted by Gasteiger charge is 2.19. The van der Waals surface area contributed by atoms with Crippen LogP contribution in [-0.4, -0.2) is 4.57 Å². The first-order chi connectivity index (χ1) is 19.2. The smallest absolute Gasteiger partial charge is 0.145 e. The zero-order chi connectivity index (χ0) is 26.3. The van der Waals surface area contributed by atoms with Crippen molar-refractivity contribution in [3.05, 3.63) is 146 Å². The molecule has 0 spiro atoms. The maximum Gasteiger partial charge on any atom is 0.145 e. The third kappa shape index (κ3) is 3.81. The number of allylic oxidation sites excluding steroid dienone is 5. The number of hydrogen-bond donors (Lipinski definition) is 0. The van der Waals surface area contributed by atoms with Gasteiger partial charge in [-0.25, -0.2) is 0 Å². The van der Waals surface area contributed by atoms with E-state index >= 15 is 0 Å². The van der Waals surface area contributed by atoms with Crippen LogP contribution in [0.3, 0.4) is 0 Å². The zero-order valence-corrected chi connectivity index (χ0v) is 21.8. The fraction of sp³-hybridized carbons (Fsp3) is 0.0270. The molecule has 2 aromatic heterocycles. The van der Waals surface area contributed by atoms with Crippen LogP contribution in [0.5, 0.6) is 0 Å². The number of aromatic nitrogens is 1. The predicted molar refractivity (Wildman–Crippen MR) is 166 cm³/mol. The number of nitrogens with zero attached hydrogens (tertiary/aromatic N) is 1. The molecule has 2 nitrogen and oxygen atoms in total. The van der Waals surface area contributed by atoms with Crippen molar-refractivity contribution < 1.29 is 4.42 Å². The van der Waals surface area contributed by atoms with E-state index in [1.807, 2.05) is 24.3 Å². The Labute approximate surface area is 227 Å². The van der Waals surface area contributed by atoms with Gasteiger partial charge in [0.05, 0.1) is 16.4 Å². The molecule has 0 radical (unpaired) electrons. The highest BCUT2D eigenvalue weighted by atomic mass is 16.3. The third-order valence-electron chi connectivity index (χ3n) is 7.51. The van der Waals surface area contributed by atoms with E-state index in [2.05, 4.69) is 121 Å². The van der Waals surface area contributed by atoms with Gasteiger partial charge in [0.2, 0.25) is 0 Å². The normalized spacial score (nSPS) is 12.4. The second kappa shape index (κ2) is 9.34. The number of rotatable bonds is 5. The Kier molecular flexibility index (Phi) is 5.53. The summed E-state index contributed by atoms with van der Waals surface area (Å²) in [4.78, 5) is 0. The predicted octanol–water partition coefficient (Wildman–Crippen LogP) is 10.5. The van der Waals surface area contributed by atoms with Gasteiger partial charge in [0.15, 0.2) is 0 Å². The lowest BCUT2D eigenvalue weighted by molar-refractivity contribution is 0.673. The lowest BCUT2D eigenvalue weighted by Crippen LogP contribution is -1.96. The molecule has 39 heavy (non-hydrogen) atoms. The Hall–Kier alpha value is -5.08. The van der Waals surface area contributed by atoms with Crippen molar-refractivity contribution >= 4 is 49.3 Å². The molecule has 0 amide bonds. The van der Waals surface area contributed by atoms with Crippen LogP contribution in [0.15, 0.2) is 144 Å². The van der Waals surface area contributed by atoms with Gasteiger partial charge in [0.1, 0.15) is 11.2 Å². The van der Waals surface area contributed by atoms with Crippen molar-refractivity contribution in [3.63, 3.8) is 0 Å². The monoisotopic (exact) mass is 501 g/mol. The molecule has 0 aliphatic rings. The van der Waals surface area contributed by atoms with Gasteiger partial charge < -0.3 is 8.98 Å². The SMILES string of the molecule is C=C/C=C\C=C(/C)c1cc(-c2ccccc2)cc(-n2c3ccccc3c3c4oc5ccccc5c4ccc32)c1. The van der Waals surface area contributed by atoms with Crippen LogP contribution >= 0.6 is 0 Å². The number of fused-ring (bicyclic) bond motifs is 7. The molecule has 0 aliphatic heterocycles. The number of benzene rings is 5. The highest BCUT2D eigenvalue weighted by Crippen LogP contribution is 2.41. The van der Waals surface area contributed by atoms with Gasteiger partial charge in [0.25, 0.3) is 0 Å². The fourth-order valence-corrected chi connectivity index (χ4v) is 5.65. The minimum atomic E-state index is 0.915. The first-order valence-corrected chi connectivity index (χ1v) is 13.2. The Bertz CT molecular complexity index is 2080. The van der Waals surface area contributed by atoms with Crippen LogP contribution in [0.4, 0.5) is 0 Å². The lowest BCUT2D eigenvalue weighted by atomic mass is 9.98. The minimum Gasteiger partial charge on any atom is -0.455 e. The first-order valence-electron chi connectivity index (χ1n) is 13.2. The van der Waals surface area contributed by atoms with Crippen molar-refractivity contribution in [2.45, 2.75) is 6.92 Å². The quantitative estimate of drug-likeness (QED) is 0.215. The van der Waals surface area contributed by atoms with Gasteiger partial charge in [-0.2, -0.15) is 0 Å². The summed E-state index contributed by atoms with van der Waals surface area (Å²) in [6, 6.07) is 38.8. The van der Waals surface area contributed by atoms with Crippen molar-refractivity contribution in [1.29, 1.82) is 0 Å². The summed E-state index contributed by atoms with van der Waals surface area (Å²) >= 11 is 0. The summed E-state index contributed by atoms with van der Waals surface area (Å²) in [6.45, 7) is 5.96. The van der Waals surface area contributed by atoms with Crippen molar-refractivity contribution in [2.24, 2.45) is 0 Å². The molecule has 0 saturated carbocycles. The second-order valence-corrected chi connectivity index (χ2v) is 9.89. The van der Waals surface area contributed by atoms with Gasteiger partial charge >= 0.3 is 0 Å². The summed E-state index contributed by atoms with van der Waals surface area (Å²) in [7, 11) is 0. The van der Waals surface area contributed by atoms with Crippen molar-refractivity contribution in [2.75, 3.05) is 0 Å². The molecule has 7 aromatic rings. The molecule has 186 valence electrons. The van der Waals surface area contributed by atoms with Crippen LogP contribution in [0.1, 0.15) is 12.5 Å². The molecule has 0 fully saturated rings. The van der Waals surface area contributed by atoms with E-state index in [1.54, 1.807) is 6.08 Å². The van der Waals surface area contributed by atoms with E-state index in [1.165, 1.54) is 27.6 Å². The Balaban J connectivity index is 1.56. The molecule has 0 aliphatic carbocycles. The van der Waals surface area contributed by atoms with E-state index in [0.717, 1.165) is 44.0 Å². The molecular weight excluding hydrogens is 474 g/mol. The van der Waals surface area contributed by atoms with E-state index in [-0.39, 0.29) is 0 Å². The first kappa shape index (κ1) is 23.1. The Morgan fingerprint density at radius 3 is 2.31 bits per heavy atom. The molecule has 5 aromatic carbocycles. The van der Waals surface area contributed by atoms with E-state index in [9.17, 15) is 0 Å². The average Bonchev–Trinajstić information content (AvgIpc) is 3.53. The van der Waals surface area contributed by atoms with Gasteiger partial charge in [0, 0.05) is 21.8 Å². The Morgan fingerprint density at radius 1 is 0.692 bits per heavy atom. The van der Waals surface area contributed by atoms with Crippen LogP contribution in [0.2, 0.25) is 0 Å².